The zero-order chi connectivity index (χ0) is 30.9. The molecule has 0 atom stereocenters. The Hall–Kier alpha value is -4.58. The van der Waals surface area contributed by atoms with E-state index in [-0.39, 0.29) is 5.82 Å². The van der Waals surface area contributed by atoms with Crippen molar-refractivity contribution >= 4 is 17.7 Å². The zero-order valence-corrected chi connectivity index (χ0v) is 23.1. The van der Waals surface area contributed by atoms with E-state index in [0.717, 1.165) is 33.7 Å². The van der Waals surface area contributed by atoms with E-state index in [1.165, 1.54) is 36.0 Å². The lowest BCUT2D eigenvalue weighted by molar-refractivity contribution is -0.143. The van der Waals surface area contributed by atoms with E-state index in [9.17, 15) is 36.2 Å². The molecule has 2 heterocycles. The van der Waals surface area contributed by atoms with Gasteiger partial charge in [0, 0.05) is 22.3 Å². The smallest absolute Gasteiger partial charge is 0.433 e. The molecule has 0 spiro atoms. The molecule has 220 valence electrons. The number of pyridine rings is 1. The van der Waals surface area contributed by atoms with E-state index in [0.29, 0.717) is 33.3 Å². The molecule has 43 heavy (non-hydrogen) atoms. The fourth-order valence-corrected chi connectivity index (χ4v) is 5.33. The summed E-state index contributed by atoms with van der Waals surface area (Å²) >= 11 is 1.48. The molecule has 1 N–H and O–H groups in total. The number of nitrogens with zero attached hydrogens (tertiary/aromatic N) is 3. The summed E-state index contributed by atoms with van der Waals surface area (Å²) in [5, 5.41) is 12.8. The lowest BCUT2D eigenvalue weighted by atomic mass is 10.0. The van der Waals surface area contributed by atoms with E-state index < -0.39 is 35.3 Å². The van der Waals surface area contributed by atoms with Crippen LogP contribution in [0, 0.1) is 6.92 Å². The third kappa shape index (κ3) is 6.75. The molecule has 5 aromatic rings. The van der Waals surface area contributed by atoms with Crippen molar-refractivity contribution in [3.05, 3.63) is 119 Å². The van der Waals surface area contributed by atoms with Crippen LogP contribution >= 0.6 is 11.8 Å². The average molecular weight is 614 g/mol. The summed E-state index contributed by atoms with van der Waals surface area (Å²) < 4.78 is 80.1. The molecule has 3 aromatic carbocycles. The first-order valence-corrected chi connectivity index (χ1v) is 13.7. The normalized spacial score (nSPS) is 12.0. The molecule has 0 radical (unpaired) electrons. The number of hydrogen-bond acceptors (Lipinski definition) is 4. The lowest BCUT2D eigenvalue weighted by Crippen LogP contribution is -2.14. The molecule has 0 bridgehead atoms. The molecule has 2 aromatic heterocycles. The quantitative estimate of drug-likeness (QED) is 0.147. The van der Waals surface area contributed by atoms with Gasteiger partial charge in [0.25, 0.3) is 0 Å². The zero-order valence-electron chi connectivity index (χ0n) is 22.2. The molecule has 0 unspecified atom stereocenters. The van der Waals surface area contributed by atoms with Gasteiger partial charge in [-0.3, -0.25) is 0 Å². The predicted molar refractivity (Wildman–Crippen MR) is 150 cm³/mol. The summed E-state index contributed by atoms with van der Waals surface area (Å²) in [6, 6.07) is 23.0. The number of alkyl halides is 6. The van der Waals surface area contributed by atoms with Crippen molar-refractivity contribution in [2.45, 2.75) is 29.9 Å². The van der Waals surface area contributed by atoms with Crippen LogP contribution in [0.3, 0.4) is 0 Å². The maximum Gasteiger partial charge on any atom is 0.433 e. The number of halogens is 6. The molecule has 0 saturated heterocycles. The highest BCUT2D eigenvalue weighted by Crippen LogP contribution is 2.36. The molecular formula is C31H21F6N3O2S. The molecule has 0 aliphatic rings. The fraction of sp³-hybridized carbons (Fsp3) is 0.129. The number of rotatable bonds is 7. The number of aryl methyl sites for hydroxylation is 1. The average Bonchev–Trinajstić information content (AvgIpc) is 3.44. The summed E-state index contributed by atoms with van der Waals surface area (Å²) in [7, 11) is 0. The minimum Gasteiger partial charge on any atom is -0.476 e. The van der Waals surface area contributed by atoms with Crippen LogP contribution in [-0.2, 0) is 18.1 Å². The number of carboxylic acids is 1. The van der Waals surface area contributed by atoms with Gasteiger partial charge in [0.1, 0.15) is 0 Å². The summed E-state index contributed by atoms with van der Waals surface area (Å²) in [5.41, 5.74) is 1.59. The molecule has 0 aliphatic heterocycles. The van der Waals surface area contributed by atoms with Crippen LogP contribution in [0.5, 0.6) is 0 Å². The van der Waals surface area contributed by atoms with Gasteiger partial charge in [-0.1, -0.05) is 54.1 Å². The number of aromatic carboxylic acids is 1. The van der Waals surface area contributed by atoms with E-state index in [1.54, 1.807) is 6.07 Å². The van der Waals surface area contributed by atoms with Gasteiger partial charge in [-0.25, -0.2) is 14.5 Å². The Morgan fingerprint density at radius 1 is 0.837 bits per heavy atom. The van der Waals surface area contributed by atoms with Gasteiger partial charge < -0.3 is 5.11 Å². The predicted octanol–water partition coefficient (Wildman–Crippen LogP) is 8.94. The van der Waals surface area contributed by atoms with E-state index in [2.05, 4.69) is 10.1 Å². The summed E-state index contributed by atoms with van der Waals surface area (Å²) in [4.78, 5) is 16.5. The number of benzene rings is 3. The lowest BCUT2D eigenvalue weighted by Gasteiger charge is -2.13. The van der Waals surface area contributed by atoms with Crippen LogP contribution in [0.1, 0.15) is 32.9 Å². The minimum absolute atomic E-state index is 0.186. The topological polar surface area (TPSA) is 68.0 Å². The number of carboxylic acid groups (broad SMARTS) is 1. The van der Waals surface area contributed by atoms with Crippen LogP contribution in [0.4, 0.5) is 26.3 Å². The van der Waals surface area contributed by atoms with Crippen molar-refractivity contribution in [3.8, 4) is 28.2 Å². The minimum atomic E-state index is -4.86. The van der Waals surface area contributed by atoms with Crippen LogP contribution in [0.2, 0.25) is 0 Å². The number of thioether (sulfide) groups is 1. The van der Waals surface area contributed by atoms with Crippen LogP contribution in [-0.4, -0.2) is 25.8 Å². The van der Waals surface area contributed by atoms with Crippen molar-refractivity contribution in [1.82, 2.24) is 14.8 Å². The monoisotopic (exact) mass is 613 g/mol. The van der Waals surface area contributed by atoms with Crippen LogP contribution in [0.25, 0.3) is 28.2 Å². The summed E-state index contributed by atoms with van der Waals surface area (Å²) in [6.45, 7) is 1.87. The van der Waals surface area contributed by atoms with Crippen molar-refractivity contribution in [1.29, 1.82) is 0 Å². The third-order valence-electron chi connectivity index (χ3n) is 6.48. The Labute approximate surface area is 245 Å². The highest BCUT2D eigenvalue weighted by molar-refractivity contribution is 7.98. The van der Waals surface area contributed by atoms with E-state index >= 15 is 0 Å². The van der Waals surface area contributed by atoms with Crippen LogP contribution in [0.15, 0.2) is 95.9 Å². The van der Waals surface area contributed by atoms with Gasteiger partial charge in [0.05, 0.1) is 11.3 Å². The maximum absolute atomic E-state index is 13.7. The van der Waals surface area contributed by atoms with Gasteiger partial charge in [0.2, 0.25) is 0 Å². The molecule has 0 saturated carbocycles. The Bertz CT molecular complexity index is 1780. The standard InChI is InChI=1S/C31H21F6N3O2S/c1-18-5-14-26(43-17-19-6-8-20(9-7-19)21-10-12-22(13-11-21)30(32,33)34)23(15-18)24-3-2-4-28(38-24)40-27(31(35,36)37)16-25(39-40)29(41)42/h2-16H,17H2,1H3,(H,41,42). The highest BCUT2D eigenvalue weighted by Gasteiger charge is 2.37. The van der Waals surface area contributed by atoms with Gasteiger partial charge in [-0.05, 0) is 60.0 Å². The summed E-state index contributed by atoms with van der Waals surface area (Å²) in [5.74, 6) is -1.25. The van der Waals surface area contributed by atoms with E-state index in [1.807, 2.05) is 49.4 Å². The molecule has 5 rings (SSSR count). The van der Waals surface area contributed by atoms with E-state index in [4.69, 9.17) is 0 Å². The van der Waals surface area contributed by atoms with Crippen molar-refractivity contribution in [2.24, 2.45) is 0 Å². The molecule has 0 fully saturated rings. The molecule has 0 aliphatic carbocycles. The summed E-state index contributed by atoms with van der Waals surface area (Å²) in [6.07, 6.45) is -9.26. The van der Waals surface area contributed by atoms with Gasteiger partial charge in [-0.15, -0.1) is 11.8 Å². The highest BCUT2D eigenvalue weighted by atomic mass is 32.2. The largest absolute Gasteiger partial charge is 0.476 e. The first-order valence-electron chi connectivity index (χ1n) is 12.7. The second-order valence-corrected chi connectivity index (χ2v) is 10.6. The Kier molecular flexibility index (Phi) is 8.06. The Morgan fingerprint density at radius 3 is 2.09 bits per heavy atom. The second kappa shape index (κ2) is 11.6. The Balaban J connectivity index is 1.39. The van der Waals surface area contributed by atoms with Crippen molar-refractivity contribution in [2.75, 3.05) is 0 Å². The first kappa shape index (κ1) is 29.9. The van der Waals surface area contributed by atoms with Crippen molar-refractivity contribution < 1.29 is 36.2 Å². The Morgan fingerprint density at radius 2 is 1.49 bits per heavy atom. The van der Waals surface area contributed by atoms with Crippen LogP contribution < -0.4 is 0 Å². The number of hydrogen-bond donors (Lipinski definition) is 1. The third-order valence-corrected chi connectivity index (χ3v) is 7.62. The van der Waals surface area contributed by atoms with Crippen molar-refractivity contribution in [3.63, 3.8) is 0 Å². The first-order chi connectivity index (χ1) is 20.3. The maximum atomic E-state index is 13.7. The molecule has 12 heteroatoms. The SMILES string of the molecule is Cc1ccc(SCc2ccc(-c3ccc(C(F)(F)F)cc3)cc2)c(-c2cccc(-n3nc(C(=O)O)cc3C(F)(F)F)n2)c1. The molecule has 0 amide bonds. The van der Waals surface area contributed by atoms with Gasteiger partial charge in [0.15, 0.2) is 17.2 Å². The number of aromatic nitrogens is 3. The van der Waals surface area contributed by atoms with Gasteiger partial charge >= 0.3 is 18.3 Å². The molecule has 5 nitrogen and oxygen atoms in total. The van der Waals surface area contributed by atoms with Gasteiger partial charge in [-0.2, -0.15) is 31.4 Å². The fourth-order valence-electron chi connectivity index (χ4n) is 4.33. The second-order valence-electron chi connectivity index (χ2n) is 9.57. The number of carbonyl (C=O) groups is 1. The molecular weight excluding hydrogens is 592 g/mol.